The smallest absolute Gasteiger partial charge is 0.0412 e. The Morgan fingerprint density at radius 1 is 0.917 bits per heavy atom. The molecule has 60 valence electrons. The lowest BCUT2D eigenvalue weighted by Crippen LogP contribution is -1.74. The second-order valence-corrected chi connectivity index (χ2v) is 3.56. The van der Waals surface area contributed by atoms with Gasteiger partial charge in [0.2, 0.25) is 0 Å². The van der Waals surface area contributed by atoms with E-state index in [0.29, 0.717) is 0 Å². The first-order valence-electron chi connectivity index (χ1n) is 3.62. The van der Waals surface area contributed by atoms with E-state index in [9.17, 15) is 0 Å². The van der Waals surface area contributed by atoms with Gasteiger partial charge in [-0.05, 0) is 22.9 Å². The largest absolute Gasteiger partial charge is 0.780 e. The zero-order valence-corrected chi connectivity index (χ0v) is 7.82. The van der Waals surface area contributed by atoms with Crippen molar-refractivity contribution in [3.05, 3.63) is 41.4 Å². The van der Waals surface area contributed by atoms with E-state index in [4.69, 9.17) is 24.2 Å². The Morgan fingerprint density at radius 3 is 2.42 bits per heavy atom. The Hall–Kier alpha value is -0.790. The molecule has 0 radical (unpaired) electrons. The maximum atomic E-state index is 5.83. The molecule has 0 saturated carbocycles. The van der Waals surface area contributed by atoms with Crippen molar-refractivity contribution in [2.45, 2.75) is 4.90 Å². The number of fused-ring (bicyclic) bond motifs is 1. The van der Waals surface area contributed by atoms with Gasteiger partial charge in [-0.15, -0.1) is 0 Å². The first kappa shape index (κ1) is 7.84. The predicted molar refractivity (Wildman–Crippen MR) is 54.6 cm³/mol. The average Bonchev–Trinajstić information content (AvgIpc) is 2.05. The molecule has 0 N–H and O–H groups in total. The third-order valence-electron chi connectivity index (χ3n) is 1.77. The lowest BCUT2D eigenvalue weighted by Gasteiger charge is -2.06. The normalized spacial score (nSPS) is 10.4. The van der Waals surface area contributed by atoms with Gasteiger partial charge in [0.05, 0.1) is 0 Å². The van der Waals surface area contributed by atoms with Crippen LogP contribution < -0.4 is 0 Å². The Morgan fingerprint density at radius 2 is 1.58 bits per heavy atom. The van der Waals surface area contributed by atoms with E-state index in [1.807, 2.05) is 36.4 Å². The van der Waals surface area contributed by atoms with Crippen LogP contribution in [-0.4, -0.2) is 0 Å². The topological polar surface area (TPSA) is 0 Å². The summed E-state index contributed by atoms with van der Waals surface area (Å²) in [5, 5.41) is 3.04. The highest BCUT2D eigenvalue weighted by molar-refractivity contribution is 7.58. The van der Waals surface area contributed by atoms with Gasteiger partial charge in [0.25, 0.3) is 0 Å². The molecule has 2 heteroatoms. The van der Waals surface area contributed by atoms with Gasteiger partial charge in [0.15, 0.2) is 0 Å². The Balaban J connectivity index is 2.79. The fourth-order valence-corrected chi connectivity index (χ4v) is 1.57. The monoisotopic (exact) mass is 193 g/mol. The van der Waals surface area contributed by atoms with Crippen LogP contribution in [-0.2, 0) is 12.6 Å². The van der Waals surface area contributed by atoms with Gasteiger partial charge in [-0.3, -0.25) is 0 Å². The average molecular weight is 194 g/mol. The van der Waals surface area contributed by atoms with Crippen LogP contribution in [0.2, 0.25) is 5.02 Å². The first-order valence-corrected chi connectivity index (χ1v) is 4.41. The highest BCUT2D eigenvalue weighted by Crippen LogP contribution is 2.20. The Kier molecular flexibility index (Phi) is 1.91. The summed E-state index contributed by atoms with van der Waals surface area (Å²) in [6, 6.07) is 11.7. The maximum Gasteiger partial charge on any atom is 0.0412 e. The first-order chi connectivity index (χ1) is 5.75. The third kappa shape index (κ3) is 1.38. The van der Waals surface area contributed by atoms with Crippen LogP contribution in [0, 0.1) is 0 Å². The summed E-state index contributed by atoms with van der Waals surface area (Å²) in [6.07, 6.45) is 0. The van der Waals surface area contributed by atoms with E-state index in [-0.39, 0.29) is 0 Å². The van der Waals surface area contributed by atoms with Crippen molar-refractivity contribution in [3.8, 4) is 0 Å². The SMILES string of the molecule is [S-]c1ccc2cc(Cl)ccc2c1. The highest BCUT2D eigenvalue weighted by Gasteiger charge is 1.91. The zero-order valence-electron chi connectivity index (χ0n) is 6.25. The summed E-state index contributed by atoms with van der Waals surface area (Å²) in [6.45, 7) is 0. The molecule has 12 heavy (non-hydrogen) atoms. The van der Waals surface area contributed by atoms with Crippen molar-refractivity contribution < 1.29 is 0 Å². The molecule has 2 aromatic rings. The van der Waals surface area contributed by atoms with Gasteiger partial charge in [-0.2, -0.15) is 4.90 Å². The fourth-order valence-electron chi connectivity index (χ4n) is 1.19. The molecular formula is C10H6ClS-. The van der Waals surface area contributed by atoms with Crippen molar-refractivity contribution in [2.75, 3.05) is 0 Å². The zero-order chi connectivity index (χ0) is 8.55. The minimum absolute atomic E-state index is 0.764. The van der Waals surface area contributed by atoms with Crippen molar-refractivity contribution >= 4 is 35.0 Å². The van der Waals surface area contributed by atoms with Crippen molar-refractivity contribution in [1.29, 1.82) is 0 Å². The van der Waals surface area contributed by atoms with Crippen LogP contribution in [0.4, 0.5) is 0 Å². The number of hydrogen-bond acceptors (Lipinski definition) is 1. The minimum Gasteiger partial charge on any atom is -0.780 e. The molecule has 0 aliphatic carbocycles. The molecule has 0 aromatic heterocycles. The van der Waals surface area contributed by atoms with Gasteiger partial charge in [-0.25, -0.2) is 0 Å². The number of benzene rings is 2. The molecule has 0 spiro atoms. The van der Waals surface area contributed by atoms with E-state index in [0.717, 1.165) is 20.7 Å². The molecule has 0 nitrogen and oxygen atoms in total. The minimum atomic E-state index is 0.764. The van der Waals surface area contributed by atoms with Crippen LogP contribution in [0.15, 0.2) is 41.3 Å². The quantitative estimate of drug-likeness (QED) is 0.578. The summed E-state index contributed by atoms with van der Waals surface area (Å²) in [5.41, 5.74) is 0. The fraction of sp³-hybridized carbons (Fsp3) is 0. The molecule has 0 saturated heterocycles. The second kappa shape index (κ2) is 2.92. The number of halogens is 1. The van der Waals surface area contributed by atoms with E-state index in [1.165, 1.54) is 0 Å². The molecular weight excluding hydrogens is 188 g/mol. The molecule has 2 aromatic carbocycles. The van der Waals surface area contributed by atoms with Crippen molar-refractivity contribution in [3.63, 3.8) is 0 Å². The lowest BCUT2D eigenvalue weighted by molar-refractivity contribution is 1.52. The van der Waals surface area contributed by atoms with Crippen LogP contribution in [0.25, 0.3) is 10.8 Å². The standard InChI is InChI=1S/C10H7ClS/c11-9-3-1-8-6-10(12)4-2-7(8)5-9/h1-6,12H/p-1. The Bertz CT molecular complexity index is 382. The second-order valence-electron chi connectivity index (χ2n) is 2.65. The summed E-state index contributed by atoms with van der Waals surface area (Å²) in [4.78, 5) is 0.866. The molecule has 0 heterocycles. The van der Waals surface area contributed by atoms with E-state index < -0.39 is 0 Å². The maximum absolute atomic E-state index is 5.83. The van der Waals surface area contributed by atoms with Gasteiger partial charge in [-0.1, -0.05) is 35.9 Å². The lowest BCUT2D eigenvalue weighted by atomic mass is 10.1. The predicted octanol–water partition coefficient (Wildman–Crippen LogP) is 3.40. The number of rotatable bonds is 0. The van der Waals surface area contributed by atoms with Crippen LogP contribution in [0.3, 0.4) is 0 Å². The molecule has 2 rings (SSSR count). The van der Waals surface area contributed by atoms with Crippen LogP contribution in [0.5, 0.6) is 0 Å². The summed E-state index contributed by atoms with van der Waals surface area (Å²) >= 11 is 10.9. The highest BCUT2D eigenvalue weighted by atomic mass is 35.5. The van der Waals surface area contributed by atoms with Gasteiger partial charge in [0, 0.05) is 5.02 Å². The van der Waals surface area contributed by atoms with Crippen molar-refractivity contribution in [1.82, 2.24) is 0 Å². The van der Waals surface area contributed by atoms with Crippen molar-refractivity contribution in [2.24, 2.45) is 0 Å². The van der Waals surface area contributed by atoms with Gasteiger partial charge < -0.3 is 12.6 Å². The van der Waals surface area contributed by atoms with E-state index >= 15 is 0 Å². The molecule has 0 unspecified atom stereocenters. The van der Waals surface area contributed by atoms with E-state index in [1.54, 1.807) is 0 Å². The van der Waals surface area contributed by atoms with E-state index in [2.05, 4.69) is 0 Å². The molecule has 0 aliphatic heterocycles. The molecule has 0 bridgehead atoms. The summed E-state index contributed by atoms with van der Waals surface area (Å²) < 4.78 is 0. The van der Waals surface area contributed by atoms with Gasteiger partial charge >= 0.3 is 0 Å². The summed E-state index contributed by atoms with van der Waals surface area (Å²) in [5.74, 6) is 0. The Labute approximate surface area is 81.6 Å². The summed E-state index contributed by atoms with van der Waals surface area (Å²) in [7, 11) is 0. The van der Waals surface area contributed by atoms with Crippen LogP contribution in [0.1, 0.15) is 0 Å². The molecule has 0 fully saturated rings. The van der Waals surface area contributed by atoms with Gasteiger partial charge in [0.1, 0.15) is 0 Å². The molecule has 0 amide bonds. The molecule has 0 atom stereocenters. The number of hydrogen-bond donors (Lipinski definition) is 0. The van der Waals surface area contributed by atoms with Crippen LogP contribution >= 0.6 is 11.6 Å². The third-order valence-corrected chi connectivity index (χ3v) is 2.26. The molecule has 0 aliphatic rings.